The van der Waals surface area contributed by atoms with Gasteiger partial charge in [-0.15, -0.1) is 0 Å². The van der Waals surface area contributed by atoms with Gasteiger partial charge in [-0.1, -0.05) is 6.07 Å². The van der Waals surface area contributed by atoms with E-state index in [0.717, 1.165) is 31.1 Å². The fraction of sp³-hybridized carbons (Fsp3) is 0.450. The fourth-order valence-corrected chi connectivity index (χ4v) is 3.09. The van der Waals surface area contributed by atoms with E-state index in [1.165, 1.54) is 12.8 Å². The molecule has 138 valence electrons. The summed E-state index contributed by atoms with van der Waals surface area (Å²) in [6, 6.07) is 9.64. The summed E-state index contributed by atoms with van der Waals surface area (Å²) in [6.45, 7) is 4.05. The first-order valence-corrected chi connectivity index (χ1v) is 9.18. The number of hydrogen-bond acceptors (Lipinski definition) is 5. The van der Waals surface area contributed by atoms with Crippen molar-refractivity contribution in [2.24, 2.45) is 0 Å². The lowest BCUT2D eigenvalue weighted by Gasteiger charge is -2.24. The van der Waals surface area contributed by atoms with Crippen LogP contribution in [0.15, 0.2) is 42.7 Å². The van der Waals surface area contributed by atoms with E-state index < -0.39 is 0 Å². The molecule has 0 unspecified atom stereocenters. The number of anilines is 1. The number of likely N-dealkylation sites (N-methyl/N-ethyl adjacent to an activating group) is 1. The maximum atomic E-state index is 13.0. The van der Waals surface area contributed by atoms with Crippen molar-refractivity contribution in [3.63, 3.8) is 0 Å². The molecule has 1 aliphatic heterocycles. The van der Waals surface area contributed by atoms with Crippen LogP contribution in [-0.2, 0) is 6.54 Å². The van der Waals surface area contributed by atoms with E-state index in [1.54, 1.807) is 12.4 Å². The fourth-order valence-electron chi connectivity index (χ4n) is 3.09. The molecule has 2 aromatic rings. The van der Waals surface area contributed by atoms with Gasteiger partial charge in [0.2, 0.25) is 0 Å². The molecule has 0 aliphatic carbocycles. The van der Waals surface area contributed by atoms with Crippen molar-refractivity contribution in [3.8, 4) is 0 Å². The van der Waals surface area contributed by atoms with Crippen molar-refractivity contribution >= 4 is 11.7 Å². The minimum atomic E-state index is -0.00187. The van der Waals surface area contributed by atoms with E-state index in [1.807, 2.05) is 49.3 Å². The van der Waals surface area contributed by atoms with Crippen LogP contribution in [0.3, 0.4) is 0 Å². The van der Waals surface area contributed by atoms with Gasteiger partial charge in [-0.3, -0.25) is 9.78 Å². The molecule has 26 heavy (non-hydrogen) atoms. The highest BCUT2D eigenvalue weighted by Gasteiger charge is 2.19. The molecular formula is C20H27N5O. The van der Waals surface area contributed by atoms with Gasteiger partial charge >= 0.3 is 0 Å². The summed E-state index contributed by atoms with van der Waals surface area (Å²) in [4.78, 5) is 28.1. The largest absolute Gasteiger partial charge is 0.357 e. The van der Waals surface area contributed by atoms with Crippen LogP contribution in [0.2, 0.25) is 0 Å². The Morgan fingerprint density at radius 2 is 1.88 bits per heavy atom. The molecule has 0 aromatic carbocycles. The Hall–Kier alpha value is -2.47. The lowest BCUT2D eigenvalue weighted by Crippen LogP contribution is -2.36. The van der Waals surface area contributed by atoms with Crippen molar-refractivity contribution in [2.75, 3.05) is 45.2 Å². The monoisotopic (exact) mass is 353 g/mol. The SMILES string of the molecule is CN(C)CCN(Cc1ccccn1)C(=O)c1ccc(N2CCCC2)nc1. The summed E-state index contributed by atoms with van der Waals surface area (Å²) in [5, 5.41) is 0. The highest BCUT2D eigenvalue weighted by Crippen LogP contribution is 2.18. The standard InChI is InChI=1S/C20H27N5O/c1-23(2)13-14-25(16-18-7-3-4-10-21-18)20(26)17-8-9-19(22-15-17)24-11-5-6-12-24/h3-4,7-10,15H,5-6,11-14,16H2,1-2H3. The summed E-state index contributed by atoms with van der Waals surface area (Å²) in [5.74, 6) is 0.960. The van der Waals surface area contributed by atoms with Crippen LogP contribution < -0.4 is 4.90 Å². The number of pyridine rings is 2. The Morgan fingerprint density at radius 3 is 2.50 bits per heavy atom. The number of carbonyl (C=O) groups is 1. The van der Waals surface area contributed by atoms with Crippen LogP contribution in [0.4, 0.5) is 5.82 Å². The number of aromatic nitrogens is 2. The molecule has 1 amide bonds. The highest BCUT2D eigenvalue weighted by molar-refractivity contribution is 5.94. The van der Waals surface area contributed by atoms with Gasteiger partial charge < -0.3 is 14.7 Å². The maximum absolute atomic E-state index is 13.0. The minimum Gasteiger partial charge on any atom is -0.357 e. The third-order valence-electron chi connectivity index (χ3n) is 4.61. The molecule has 6 nitrogen and oxygen atoms in total. The van der Waals surface area contributed by atoms with Gasteiger partial charge in [-0.05, 0) is 51.2 Å². The molecule has 0 atom stereocenters. The Balaban J connectivity index is 1.72. The quantitative estimate of drug-likeness (QED) is 0.764. The molecular weight excluding hydrogens is 326 g/mol. The zero-order chi connectivity index (χ0) is 18.4. The Morgan fingerprint density at radius 1 is 1.08 bits per heavy atom. The highest BCUT2D eigenvalue weighted by atomic mass is 16.2. The molecule has 2 aromatic heterocycles. The Bertz CT molecular complexity index is 696. The van der Waals surface area contributed by atoms with E-state index in [-0.39, 0.29) is 5.91 Å². The summed E-state index contributed by atoms with van der Waals surface area (Å²) in [6.07, 6.45) is 5.89. The van der Waals surface area contributed by atoms with E-state index in [4.69, 9.17) is 0 Å². The van der Waals surface area contributed by atoms with Gasteiger partial charge in [0.1, 0.15) is 5.82 Å². The summed E-state index contributed by atoms with van der Waals surface area (Å²) < 4.78 is 0. The van der Waals surface area contributed by atoms with E-state index in [2.05, 4.69) is 19.8 Å². The smallest absolute Gasteiger partial charge is 0.255 e. The second kappa shape index (κ2) is 8.76. The average molecular weight is 353 g/mol. The van der Waals surface area contributed by atoms with E-state index >= 15 is 0 Å². The van der Waals surface area contributed by atoms with E-state index in [9.17, 15) is 4.79 Å². The molecule has 6 heteroatoms. The van der Waals surface area contributed by atoms with Gasteiger partial charge in [0.25, 0.3) is 5.91 Å². The van der Waals surface area contributed by atoms with Gasteiger partial charge in [0, 0.05) is 38.6 Å². The van der Waals surface area contributed by atoms with Gasteiger partial charge in [0.05, 0.1) is 17.8 Å². The molecule has 0 radical (unpaired) electrons. The third-order valence-corrected chi connectivity index (χ3v) is 4.61. The molecule has 3 rings (SSSR count). The van der Waals surface area contributed by atoms with Crippen LogP contribution in [0.25, 0.3) is 0 Å². The topological polar surface area (TPSA) is 52.6 Å². The average Bonchev–Trinajstić information content (AvgIpc) is 3.20. The first-order valence-electron chi connectivity index (χ1n) is 9.18. The second-order valence-corrected chi connectivity index (χ2v) is 6.95. The van der Waals surface area contributed by atoms with Crippen LogP contribution in [-0.4, -0.2) is 65.9 Å². The number of carbonyl (C=O) groups excluding carboxylic acids is 1. The first-order chi connectivity index (χ1) is 12.6. The van der Waals surface area contributed by atoms with Gasteiger partial charge in [-0.25, -0.2) is 4.98 Å². The predicted octanol–water partition coefficient (Wildman–Crippen LogP) is 2.28. The van der Waals surface area contributed by atoms with Crippen molar-refractivity contribution in [3.05, 3.63) is 54.0 Å². The molecule has 0 spiro atoms. The second-order valence-electron chi connectivity index (χ2n) is 6.95. The normalized spacial score (nSPS) is 14.0. The van der Waals surface area contributed by atoms with E-state index in [0.29, 0.717) is 18.7 Å². The third kappa shape index (κ3) is 4.79. The number of nitrogens with zero attached hydrogens (tertiary/aromatic N) is 5. The Labute approximate surface area is 155 Å². The number of hydrogen-bond donors (Lipinski definition) is 0. The van der Waals surface area contributed by atoms with Gasteiger partial charge in [-0.2, -0.15) is 0 Å². The molecule has 1 fully saturated rings. The number of amides is 1. The van der Waals surface area contributed by atoms with Crippen molar-refractivity contribution in [1.29, 1.82) is 0 Å². The molecule has 0 saturated carbocycles. The molecule has 1 saturated heterocycles. The summed E-state index contributed by atoms with van der Waals surface area (Å²) in [5.41, 5.74) is 1.52. The zero-order valence-corrected chi connectivity index (χ0v) is 15.6. The van der Waals surface area contributed by atoms with Crippen molar-refractivity contribution in [1.82, 2.24) is 19.8 Å². The molecule has 1 aliphatic rings. The van der Waals surface area contributed by atoms with Crippen LogP contribution in [0.1, 0.15) is 28.9 Å². The van der Waals surface area contributed by atoms with Crippen LogP contribution in [0.5, 0.6) is 0 Å². The van der Waals surface area contributed by atoms with Crippen LogP contribution in [0, 0.1) is 0 Å². The number of rotatable bonds is 7. The Kier molecular flexibility index (Phi) is 6.17. The zero-order valence-electron chi connectivity index (χ0n) is 15.6. The minimum absolute atomic E-state index is 0.00187. The maximum Gasteiger partial charge on any atom is 0.255 e. The van der Waals surface area contributed by atoms with Crippen LogP contribution >= 0.6 is 0 Å². The predicted molar refractivity (Wildman–Crippen MR) is 103 cm³/mol. The summed E-state index contributed by atoms with van der Waals surface area (Å²) in [7, 11) is 4.02. The first kappa shape index (κ1) is 18.3. The lowest BCUT2D eigenvalue weighted by molar-refractivity contribution is 0.0729. The lowest BCUT2D eigenvalue weighted by atomic mass is 10.2. The molecule has 0 N–H and O–H groups in total. The summed E-state index contributed by atoms with van der Waals surface area (Å²) >= 11 is 0. The molecule has 0 bridgehead atoms. The van der Waals surface area contributed by atoms with Crippen molar-refractivity contribution < 1.29 is 4.79 Å². The van der Waals surface area contributed by atoms with Crippen molar-refractivity contribution in [2.45, 2.75) is 19.4 Å². The van der Waals surface area contributed by atoms with Gasteiger partial charge in [0.15, 0.2) is 0 Å². The molecule has 3 heterocycles.